The zero-order valence-electron chi connectivity index (χ0n) is 16.2. The van der Waals surface area contributed by atoms with Crippen molar-refractivity contribution >= 4 is 41.0 Å². The number of para-hydroxylation sites is 2. The number of guanidine groups is 1. The molecule has 0 aliphatic heterocycles. The zero-order chi connectivity index (χ0) is 18.1. The fourth-order valence-electron chi connectivity index (χ4n) is 2.69. The molecule has 0 aliphatic carbocycles. The van der Waals surface area contributed by atoms with E-state index in [4.69, 9.17) is 4.74 Å². The summed E-state index contributed by atoms with van der Waals surface area (Å²) in [6.07, 6.45) is 1.05. The third-order valence-corrected chi connectivity index (χ3v) is 4.19. The first-order valence-electron chi connectivity index (χ1n) is 8.68. The van der Waals surface area contributed by atoms with Gasteiger partial charge in [-0.25, -0.2) is 4.98 Å². The van der Waals surface area contributed by atoms with E-state index in [1.54, 1.807) is 14.2 Å². The fourth-order valence-corrected chi connectivity index (χ4v) is 2.69. The van der Waals surface area contributed by atoms with Gasteiger partial charge in [-0.15, -0.1) is 24.0 Å². The number of aryl methyl sites for hydroxylation is 1. The number of imidazole rings is 1. The van der Waals surface area contributed by atoms with E-state index in [-0.39, 0.29) is 24.0 Å². The van der Waals surface area contributed by atoms with Crippen molar-refractivity contribution in [1.29, 1.82) is 0 Å². The Hall–Kier alpha value is -1.39. The van der Waals surface area contributed by atoms with Crippen molar-refractivity contribution in [3.63, 3.8) is 0 Å². The van der Waals surface area contributed by atoms with Gasteiger partial charge < -0.3 is 24.8 Å². The number of methoxy groups -OCH3 is 1. The van der Waals surface area contributed by atoms with E-state index in [0.717, 1.165) is 55.5 Å². The topological polar surface area (TPSA) is 66.7 Å². The number of likely N-dealkylation sites (N-methyl/N-ethyl adjacent to an activating group) is 1. The van der Waals surface area contributed by atoms with Gasteiger partial charge in [0.1, 0.15) is 5.82 Å². The highest BCUT2D eigenvalue weighted by Crippen LogP contribution is 2.13. The van der Waals surface area contributed by atoms with Crippen LogP contribution in [-0.2, 0) is 18.3 Å². The van der Waals surface area contributed by atoms with Gasteiger partial charge in [0.25, 0.3) is 0 Å². The number of aromatic nitrogens is 2. The zero-order valence-corrected chi connectivity index (χ0v) is 18.5. The number of aliphatic imine (C=N–C) groups is 1. The molecule has 0 atom stereocenters. The number of nitrogens with zero attached hydrogens (tertiary/aromatic N) is 4. The van der Waals surface area contributed by atoms with Gasteiger partial charge >= 0.3 is 0 Å². The second-order valence-electron chi connectivity index (χ2n) is 6.08. The van der Waals surface area contributed by atoms with Crippen molar-refractivity contribution in [1.82, 2.24) is 25.1 Å². The summed E-state index contributed by atoms with van der Waals surface area (Å²) in [7, 11) is 7.68. The van der Waals surface area contributed by atoms with Gasteiger partial charge in [-0.05, 0) is 25.6 Å². The van der Waals surface area contributed by atoms with Gasteiger partial charge in [0, 0.05) is 47.4 Å². The SMILES string of the molecule is CN=C(NCCN(C)CCCOC)NCc1nc2ccccc2n1C.I. The molecule has 0 amide bonds. The fraction of sp³-hybridized carbons (Fsp3) is 0.556. The van der Waals surface area contributed by atoms with Crippen LogP contribution in [0, 0.1) is 0 Å². The molecule has 2 N–H and O–H groups in total. The average molecular weight is 474 g/mol. The molecule has 0 radical (unpaired) electrons. The molecule has 1 heterocycles. The Balaban J connectivity index is 0.00000338. The molecule has 0 spiro atoms. The standard InChI is InChI=1S/C18H30N6O.HI/c1-19-18(20-10-12-23(2)11-7-13-25-4)21-14-17-22-15-8-5-6-9-16(15)24(17)3;/h5-6,8-9H,7,10-14H2,1-4H3,(H2,19,20,21);1H. The number of hydrogen-bond donors (Lipinski definition) is 2. The third kappa shape index (κ3) is 6.73. The van der Waals surface area contributed by atoms with Crippen LogP contribution in [-0.4, -0.2) is 67.9 Å². The van der Waals surface area contributed by atoms with E-state index < -0.39 is 0 Å². The predicted octanol–water partition coefficient (Wildman–Crippen LogP) is 1.82. The smallest absolute Gasteiger partial charge is 0.191 e. The monoisotopic (exact) mass is 474 g/mol. The Morgan fingerprint density at radius 2 is 2.04 bits per heavy atom. The van der Waals surface area contributed by atoms with E-state index in [0.29, 0.717) is 6.54 Å². The number of fused-ring (bicyclic) bond motifs is 1. The molecule has 2 rings (SSSR count). The summed E-state index contributed by atoms with van der Waals surface area (Å²) in [5, 5.41) is 6.67. The molecule has 0 aliphatic rings. The first kappa shape index (κ1) is 22.7. The Bertz CT molecular complexity index is 687. The summed E-state index contributed by atoms with van der Waals surface area (Å²) in [4.78, 5) is 11.2. The summed E-state index contributed by atoms with van der Waals surface area (Å²) in [6, 6.07) is 8.16. The summed E-state index contributed by atoms with van der Waals surface area (Å²) >= 11 is 0. The van der Waals surface area contributed by atoms with Gasteiger partial charge in [-0.3, -0.25) is 4.99 Å². The van der Waals surface area contributed by atoms with E-state index in [9.17, 15) is 0 Å². The molecule has 0 unspecified atom stereocenters. The van der Waals surface area contributed by atoms with E-state index in [1.165, 1.54) is 0 Å². The number of halogens is 1. The van der Waals surface area contributed by atoms with E-state index in [2.05, 4.69) is 43.2 Å². The van der Waals surface area contributed by atoms with Crippen LogP contribution in [0.2, 0.25) is 0 Å². The summed E-state index contributed by atoms with van der Waals surface area (Å²) < 4.78 is 7.19. The van der Waals surface area contributed by atoms with Crippen LogP contribution < -0.4 is 10.6 Å². The molecule has 2 aromatic rings. The van der Waals surface area contributed by atoms with Crippen LogP contribution in [0.15, 0.2) is 29.3 Å². The minimum Gasteiger partial charge on any atom is -0.385 e. The lowest BCUT2D eigenvalue weighted by atomic mass is 10.3. The van der Waals surface area contributed by atoms with E-state index in [1.807, 2.05) is 25.2 Å². The molecule has 1 aromatic carbocycles. The number of hydrogen-bond acceptors (Lipinski definition) is 4. The molecule has 0 saturated heterocycles. The van der Waals surface area contributed by atoms with Crippen LogP contribution in [0.4, 0.5) is 0 Å². The predicted molar refractivity (Wildman–Crippen MR) is 118 cm³/mol. The number of nitrogens with one attached hydrogen (secondary N) is 2. The minimum absolute atomic E-state index is 0. The molecule has 0 bridgehead atoms. The van der Waals surface area contributed by atoms with Crippen LogP contribution in [0.25, 0.3) is 11.0 Å². The average Bonchev–Trinajstić information content (AvgIpc) is 2.94. The lowest BCUT2D eigenvalue weighted by molar-refractivity contribution is 0.180. The highest BCUT2D eigenvalue weighted by atomic mass is 127. The molecule has 146 valence electrons. The molecule has 0 fully saturated rings. The van der Waals surface area contributed by atoms with Gasteiger partial charge in [0.05, 0.1) is 17.6 Å². The van der Waals surface area contributed by atoms with Crippen LogP contribution in [0.5, 0.6) is 0 Å². The molecule has 8 heteroatoms. The van der Waals surface area contributed by atoms with Crippen LogP contribution >= 0.6 is 24.0 Å². The maximum Gasteiger partial charge on any atom is 0.191 e. The van der Waals surface area contributed by atoms with Crippen molar-refractivity contribution < 1.29 is 4.74 Å². The molecule has 0 saturated carbocycles. The highest BCUT2D eigenvalue weighted by Gasteiger charge is 2.07. The normalized spacial score (nSPS) is 11.7. The molecular weight excluding hydrogens is 443 g/mol. The number of rotatable bonds is 9. The Morgan fingerprint density at radius 1 is 1.27 bits per heavy atom. The lowest BCUT2D eigenvalue weighted by Crippen LogP contribution is -2.41. The van der Waals surface area contributed by atoms with Crippen molar-refractivity contribution in [2.75, 3.05) is 47.4 Å². The summed E-state index contributed by atoms with van der Waals surface area (Å²) in [5.74, 6) is 1.78. The summed E-state index contributed by atoms with van der Waals surface area (Å²) in [6.45, 7) is 4.26. The summed E-state index contributed by atoms with van der Waals surface area (Å²) in [5.41, 5.74) is 2.15. The van der Waals surface area contributed by atoms with Crippen LogP contribution in [0.3, 0.4) is 0 Å². The largest absolute Gasteiger partial charge is 0.385 e. The van der Waals surface area contributed by atoms with Crippen molar-refractivity contribution in [3.05, 3.63) is 30.1 Å². The quantitative estimate of drug-likeness (QED) is 0.251. The minimum atomic E-state index is 0. The molecular formula is C18H31IN6O. The third-order valence-electron chi connectivity index (χ3n) is 4.19. The van der Waals surface area contributed by atoms with Gasteiger partial charge in [0.2, 0.25) is 0 Å². The molecule has 7 nitrogen and oxygen atoms in total. The maximum absolute atomic E-state index is 5.08. The maximum atomic E-state index is 5.08. The van der Waals surface area contributed by atoms with Crippen molar-refractivity contribution in [2.24, 2.45) is 12.0 Å². The van der Waals surface area contributed by atoms with Gasteiger partial charge in [-0.1, -0.05) is 12.1 Å². The van der Waals surface area contributed by atoms with Gasteiger partial charge in [-0.2, -0.15) is 0 Å². The first-order chi connectivity index (χ1) is 12.2. The molecule has 1 aromatic heterocycles. The first-order valence-corrected chi connectivity index (χ1v) is 8.68. The molecule has 26 heavy (non-hydrogen) atoms. The van der Waals surface area contributed by atoms with E-state index >= 15 is 0 Å². The van der Waals surface area contributed by atoms with Crippen molar-refractivity contribution in [3.8, 4) is 0 Å². The number of benzene rings is 1. The Labute approximate surface area is 173 Å². The van der Waals surface area contributed by atoms with Crippen molar-refractivity contribution in [2.45, 2.75) is 13.0 Å². The Kier molecular flexibility index (Phi) is 10.5. The number of ether oxygens (including phenoxy) is 1. The van der Waals surface area contributed by atoms with Gasteiger partial charge in [0.15, 0.2) is 5.96 Å². The Morgan fingerprint density at radius 3 is 2.73 bits per heavy atom. The second kappa shape index (κ2) is 12.1. The second-order valence-corrected chi connectivity index (χ2v) is 6.08. The van der Waals surface area contributed by atoms with Crippen LogP contribution in [0.1, 0.15) is 12.2 Å². The lowest BCUT2D eigenvalue weighted by Gasteiger charge is -2.18. The highest BCUT2D eigenvalue weighted by molar-refractivity contribution is 14.0.